The van der Waals surface area contributed by atoms with Crippen molar-refractivity contribution in [2.24, 2.45) is 0 Å². The van der Waals surface area contributed by atoms with Crippen molar-refractivity contribution in [1.82, 2.24) is 0 Å². The number of aliphatic hydroxyl groups is 1. The highest BCUT2D eigenvalue weighted by Crippen LogP contribution is 2.26. The Bertz CT molecular complexity index is 787. The zero-order chi connectivity index (χ0) is 17.8. The van der Waals surface area contributed by atoms with Crippen LogP contribution >= 0.6 is 0 Å². The van der Waals surface area contributed by atoms with Gasteiger partial charge in [0.1, 0.15) is 0 Å². The Labute approximate surface area is 146 Å². The summed E-state index contributed by atoms with van der Waals surface area (Å²) in [6.07, 6.45) is 3.02. The van der Waals surface area contributed by atoms with E-state index < -0.39 is 5.97 Å². The maximum Gasteiger partial charge on any atom is 0.336 e. The van der Waals surface area contributed by atoms with Gasteiger partial charge in [0.15, 0.2) is 5.78 Å². The fourth-order valence-corrected chi connectivity index (χ4v) is 3.33. The summed E-state index contributed by atoms with van der Waals surface area (Å²) in [4.78, 5) is 24.3. The predicted molar refractivity (Wildman–Crippen MR) is 95.2 cm³/mol. The van der Waals surface area contributed by atoms with E-state index in [9.17, 15) is 19.8 Å². The monoisotopic (exact) mass is 339 g/mol. The van der Waals surface area contributed by atoms with Crippen molar-refractivity contribution in [3.05, 3.63) is 65.2 Å². The summed E-state index contributed by atoms with van der Waals surface area (Å²) in [5, 5.41) is 22.5. The van der Waals surface area contributed by atoms with Gasteiger partial charge in [-0.15, -0.1) is 0 Å². The second-order valence-corrected chi connectivity index (χ2v) is 6.39. The second-order valence-electron chi connectivity index (χ2n) is 6.39. The SMILES string of the molecule is O=C(O)c1ccccc1C(=O)c1ccccc1NC1CCCC(O)C1. The van der Waals surface area contributed by atoms with Gasteiger partial charge in [0.25, 0.3) is 0 Å². The molecule has 2 atom stereocenters. The molecule has 5 heteroatoms. The Kier molecular flexibility index (Phi) is 5.14. The summed E-state index contributed by atoms with van der Waals surface area (Å²) in [6, 6.07) is 13.4. The minimum absolute atomic E-state index is 0.00427. The molecule has 1 aliphatic carbocycles. The molecule has 0 bridgehead atoms. The first-order chi connectivity index (χ1) is 12.1. The van der Waals surface area contributed by atoms with Gasteiger partial charge in [0.05, 0.1) is 11.7 Å². The molecular weight excluding hydrogens is 318 g/mol. The van der Waals surface area contributed by atoms with E-state index in [0.717, 1.165) is 19.3 Å². The molecule has 130 valence electrons. The van der Waals surface area contributed by atoms with Crippen molar-refractivity contribution in [2.75, 3.05) is 5.32 Å². The number of aromatic carboxylic acids is 1. The van der Waals surface area contributed by atoms with E-state index in [0.29, 0.717) is 17.7 Å². The maximum absolute atomic E-state index is 12.9. The lowest BCUT2D eigenvalue weighted by Crippen LogP contribution is -2.30. The molecule has 0 radical (unpaired) electrons. The number of aliphatic hydroxyl groups excluding tert-OH is 1. The summed E-state index contributed by atoms with van der Waals surface area (Å²) in [6.45, 7) is 0. The van der Waals surface area contributed by atoms with E-state index in [4.69, 9.17) is 0 Å². The number of hydrogen-bond acceptors (Lipinski definition) is 4. The topological polar surface area (TPSA) is 86.6 Å². The smallest absolute Gasteiger partial charge is 0.336 e. The highest BCUT2D eigenvalue weighted by atomic mass is 16.4. The molecule has 0 spiro atoms. The van der Waals surface area contributed by atoms with Crippen molar-refractivity contribution in [2.45, 2.75) is 37.8 Å². The lowest BCUT2D eigenvalue weighted by Gasteiger charge is -2.28. The largest absolute Gasteiger partial charge is 0.478 e. The molecule has 3 N–H and O–H groups in total. The minimum atomic E-state index is -1.12. The van der Waals surface area contributed by atoms with Crippen LogP contribution < -0.4 is 5.32 Å². The number of carbonyl (C=O) groups is 2. The lowest BCUT2D eigenvalue weighted by molar-refractivity contribution is 0.0692. The van der Waals surface area contributed by atoms with Gasteiger partial charge in [0, 0.05) is 22.9 Å². The molecule has 1 saturated carbocycles. The molecular formula is C20H21NO4. The zero-order valence-electron chi connectivity index (χ0n) is 13.8. The van der Waals surface area contributed by atoms with E-state index in [1.54, 1.807) is 24.3 Å². The number of anilines is 1. The summed E-state index contributed by atoms with van der Waals surface area (Å²) in [5.74, 6) is -1.44. The van der Waals surface area contributed by atoms with Crippen LogP contribution in [0.25, 0.3) is 0 Å². The Hall–Kier alpha value is -2.66. The standard InChI is InChI=1S/C20H21NO4/c22-14-7-5-6-13(12-14)21-18-11-4-3-10-17(18)19(23)15-8-1-2-9-16(15)20(24)25/h1-4,8-11,13-14,21-22H,5-7,12H2,(H,24,25). The fourth-order valence-electron chi connectivity index (χ4n) is 3.33. The molecule has 0 aliphatic heterocycles. The van der Waals surface area contributed by atoms with Crippen molar-refractivity contribution in [3.8, 4) is 0 Å². The predicted octanol–water partition coefficient (Wildman–Crippen LogP) is 3.33. The second kappa shape index (κ2) is 7.49. The van der Waals surface area contributed by atoms with Gasteiger partial charge < -0.3 is 15.5 Å². The quantitative estimate of drug-likeness (QED) is 0.728. The lowest BCUT2D eigenvalue weighted by atomic mass is 9.92. The minimum Gasteiger partial charge on any atom is -0.478 e. The van der Waals surface area contributed by atoms with Crippen LogP contribution in [0.3, 0.4) is 0 Å². The number of carbonyl (C=O) groups excluding carboxylic acids is 1. The van der Waals surface area contributed by atoms with E-state index in [-0.39, 0.29) is 29.1 Å². The molecule has 0 aromatic heterocycles. The maximum atomic E-state index is 12.9. The average Bonchev–Trinajstić information content (AvgIpc) is 2.61. The van der Waals surface area contributed by atoms with Crippen LogP contribution in [-0.2, 0) is 0 Å². The fraction of sp³-hybridized carbons (Fsp3) is 0.300. The number of rotatable bonds is 5. The van der Waals surface area contributed by atoms with Gasteiger partial charge in [-0.25, -0.2) is 4.79 Å². The Balaban J connectivity index is 1.90. The van der Waals surface area contributed by atoms with Crippen LogP contribution in [0.4, 0.5) is 5.69 Å². The Morgan fingerprint density at radius 3 is 2.24 bits per heavy atom. The summed E-state index contributed by atoms with van der Waals surface area (Å²) < 4.78 is 0. The van der Waals surface area contributed by atoms with Gasteiger partial charge in [-0.1, -0.05) is 30.3 Å². The van der Waals surface area contributed by atoms with Crippen LogP contribution in [0, 0.1) is 0 Å². The van der Waals surface area contributed by atoms with E-state index >= 15 is 0 Å². The molecule has 25 heavy (non-hydrogen) atoms. The van der Waals surface area contributed by atoms with Crippen LogP contribution in [-0.4, -0.2) is 34.1 Å². The molecule has 1 fully saturated rings. The summed E-state index contributed by atoms with van der Waals surface area (Å²) in [7, 11) is 0. The van der Waals surface area contributed by atoms with Gasteiger partial charge >= 0.3 is 5.97 Å². The van der Waals surface area contributed by atoms with Crippen molar-refractivity contribution in [1.29, 1.82) is 0 Å². The van der Waals surface area contributed by atoms with Gasteiger partial charge in [0.2, 0.25) is 0 Å². The first kappa shape index (κ1) is 17.2. The van der Waals surface area contributed by atoms with Crippen LogP contribution in [0.2, 0.25) is 0 Å². The molecule has 0 amide bonds. The van der Waals surface area contributed by atoms with Gasteiger partial charge in [-0.2, -0.15) is 0 Å². The highest BCUT2D eigenvalue weighted by molar-refractivity contribution is 6.16. The van der Waals surface area contributed by atoms with Crippen LogP contribution in [0.15, 0.2) is 48.5 Å². The number of hydrogen-bond donors (Lipinski definition) is 3. The van der Waals surface area contributed by atoms with E-state index in [1.807, 2.05) is 12.1 Å². The summed E-state index contributed by atoms with van der Waals surface area (Å²) >= 11 is 0. The first-order valence-corrected chi connectivity index (χ1v) is 8.47. The number of para-hydroxylation sites is 1. The third-order valence-electron chi connectivity index (χ3n) is 4.58. The average molecular weight is 339 g/mol. The highest BCUT2D eigenvalue weighted by Gasteiger charge is 2.23. The molecule has 0 heterocycles. The van der Waals surface area contributed by atoms with Crippen molar-refractivity contribution < 1.29 is 19.8 Å². The van der Waals surface area contributed by atoms with Gasteiger partial charge in [-0.05, 0) is 43.9 Å². The third kappa shape index (κ3) is 3.88. The summed E-state index contributed by atoms with van der Waals surface area (Å²) in [5.41, 5.74) is 1.28. The van der Waals surface area contributed by atoms with Crippen LogP contribution in [0.5, 0.6) is 0 Å². The normalized spacial score (nSPS) is 20.0. The number of benzene rings is 2. The molecule has 2 aromatic carbocycles. The molecule has 1 aliphatic rings. The van der Waals surface area contributed by atoms with Crippen LogP contribution in [0.1, 0.15) is 52.0 Å². The Morgan fingerprint density at radius 1 is 0.920 bits per heavy atom. The number of carboxylic acid groups (broad SMARTS) is 1. The third-order valence-corrected chi connectivity index (χ3v) is 4.58. The molecule has 2 aromatic rings. The van der Waals surface area contributed by atoms with Gasteiger partial charge in [-0.3, -0.25) is 4.79 Å². The van der Waals surface area contributed by atoms with Crippen molar-refractivity contribution >= 4 is 17.4 Å². The number of carboxylic acids is 1. The number of ketones is 1. The van der Waals surface area contributed by atoms with Crippen molar-refractivity contribution in [3.63, 3.8) is 0 Å². The first-order valence-electron chi connectivity index (χ1n) is 8.47. The molecule has 3 rings (SSSR count). The zero-order valence-corrected chi connectivity index (χ0v) is 13.8. The van der Waals surface area contributed by atoms with E-state index in [2.05, 4.69) is 5.32 Å². The van der Waals surface area contributed by atoms with E-state index in [1.165, 1.54) is 12.1 Å². The molecule has 5 nitrogen and oxygen atoms in total. The number of nitrogens with one attached hydrogen (secondary N) is 1. The molecule has 2 unspecified atom stereocenters. The Morgan fingerprint density at radius 2 is 1.56 bits per heavy atom. The molecule has 0 saturated heterocycles.